The number of carbonyl (C=O) groups is 1. The third-order valence-electron chi connectivity index (χ3n) is 4.41. The van der Waals surface area contributed by atoms with Gasteiger partial charge < -0.3 is 10.6 Å². The molecule has 1 fully saturated rings. The Bertz CT molecular complexity index is 690. The van der Waals surface area contributed by atoms with Crippen LogP contribution in [0.1, 0.15) is 42.8 Å². The van der Waals surface area contributed by atoms with Gasteiger partial charge >= 0.3 is 0 Å². The highest BCUT2D eigenvalue weighted by Gasteiger charge is 2.25. The molecule has 3 heterocycles. The van der Waals surface area contributed by atoms with E-state index < -0.39 is 0 Å². The number of piperidine rings is 1. The Balaban J connectivity index is 1.62. The van der Waals surface area contributed by atoms with Crippen molar-refractivity contribution < 1.29 is 4.79 Å². The second kappa shape index (κ2) is 7.25. The first-order chi connectivity index (χ1) is 11.5. The first-order valence-electron chi connectivity index (χ1n) is 8.24. The van der Waals surface area contributed by atoms with E-state index in [1.165, 1.54) is 0 Å². The summed E-state index contributed by atoms with van der Waals surface area (Å²) in [6.07, 6.45) is 2.35. The smallest absolute Gasteiger partial charge is 0.245 e. The van der Waals surface area contributed by atoms with Gasteiger partial charge in [0.1, 0.15) is 0 Å². The van der Waals surface area contributed by atoms with Crippen molar-refractivity contribution in [3.8, 4) is 0 Å². The molecule has 1 amide bonds. The molecular formula is C15H23N7OS. The van der Waals surface area contributed by atoms with Gasteiger partial charge in [-0.05, 0) is 36.1 Å². The molecule has 24 heavy (non-hydrogen) atoms. The second-order valence-electron chi connectivity index (χ2n) is 6.49. The van der Waals surface area contributed by atoms with Gasteiger partial charge in [-0.3, -0.25) is 4.79 Å². The average molecular weight is 349 g/mol. The number of primary amides is 1. The quantitative estimate of drug-likeness (QED) is 0.844. The van der Waals surface area contributed by atoms with Crippen molar-refractivity contribution in [2.75, 3.05) is 18.0 Å². The number of thiazole rings is 1. The van der Waals surface area contributed by atoms with Gasteiger partial charge in [0.05, 0.1) is 11.6 Å². The second-order valence-corrected chi connectivity index (χ2v) is 7.38. The fourth-order valence-electron chi connectivity index (χ4n) is 3.10. The highest BCUT2D eigenvalue weighted by molar-refractivity contribution is 7.09. The fourth-order valence-corrected chi connectivity index (χ4v) is 3.95. The maximum Gasteiger partial charge on any atom is 0.245 e. The molecule has 0 spiro atoms. The van der Waals surface area contributed by atoms with Gasteiger partial charge in [0.15, 0.2) is 0 Å². The molecule has 8 nitrogen and oxygen atoms in total. The van der Waals surface area contributed by atoms with E-state index >= 15 is 0 Å². The van der Waals surface area contributed by atoms with Crippen molar-refractivity contribution >= 4 is 23.2 Å². The summed E-state index contributed by atoms with van der Waals surface area (Å²) in [4.78, 5) is 17.8. The lowest BCUT2D eigenvalue weighted by Crippen LogP contribution is -2.37. The molecule has 0 aliphatic carbocycles. The van der Waals surface area contributed by atoms with E-state index in [1.807, 2.05) is 11.6 Å². The van der Waals surface area contributed by atoms with Crippen LogP contribution in [0.15, 0.2) is 5.38 Å². The molecule has 2 aromatic rings. The summed E-state index contributed by atoms with van der Waals surface area (Å²) >= 11 is 1.68. The molecule has 2 N–H and O–H groups in total. The first kappa shape index (κ1) is 16.8. The Hall–Kier alpha value is -2.03. The largest absolute Gasteiger partial charge is 0.370 e. The molecule has 3 rings (SSSR count). The van der Waals surface area contributed by atoms with E-state index in [4.69, 9.17) is 5.73 Å². The normalized spacial score (nSPS) is 17.2. The number of nitrogens with zero attached hydrogens (tertiary/aromatic N) is 6. The number of hydrogen-bond acceptors (Lipinski definition) is 7. The molecule has 1 saturated heterocycles. The molecule has 0 bridgehead atoms. The standard InChI is InChI=1S/C15H23N7OS/c1-10(14-17-11(2)9-24-14)8-22-15(18-19-20-22)21-5-3-12(4-6-21)7-13(16)23/h9-10,12H,3-8H2,1-2H3,(H2,16,23). The minimum atomic E-state index is -0.217. The zero-order valence-electron chi connectivity index (χ0n) is 14.1. The molecule has 0 radical (unpaired) electrons. The van der Waals surface area contributed by atoms with Gasteiger partial charge in [-0.15, -0.1) is 11.3 Å². The molecule has 9 heteroatoms. The van der Waals surface area contributed by atoms with Crippen LogP contribution >= 0.6 is 11.3 Å². The minimum Gasteiger partial charge on any atom is -0.370 e. The Kier molecular flexibility index (Phi) is 5.08. The highest BCUT2D eigenvalue weighted by Crippen LogP contribution is 2.26. The summed E-state index contributed by atoms with van der Waals surface area (Å²) in [5.74, 6) is 1.22. The summed E-state index contributed by atoms with van der Waals surface area (Å²) < 4.78 is 1.86. The number of tetrazole rings is 1. The summed E-state index contributed by atoms with van der Waals surface area (Å²) in [6.45, 7) is 6.55. The predicted octanol–water partition coefficient (Wildman–Crippen LogP) is 1.33. The van der Waals surface area contributed by atoms with Crippen LogP contribution in [-0.4, -0.2) is 44.2 Å². The molecule has 130 valence electrons. The lowest BCUT2D eigenvalue weighted by molar-refractivity contribution is -0.119. The van der Waals surface area contributed by atoms with Crippen LogP contribution in [0.5, 0.6) is 0 Å². The van der Waals surface area contributed by atoms with Gasteiger partial charge in [-0.2, -0.15) is 0 Å². The zero-order valence-corrected chi connectivity index (χ0v) is 14.9. The number of carbonyl (C=O) groups excluding carboxylic acids is 1. The number of hydrogen-bond donors (Lipinski definition) is 1. The van der Waals surface area contributed by atoms with Crippen molar-refractivity contribution in [1.82, 2.24) is 25.2 Å². The third-order valence-corrected chi connectivity index (χ3v) is 5.60. The number of nitrogens with two attached hydrogens (primary N) is 1. The van der Waals surface area contributed by atoms with Gasteiger partial charge in [-0.1, -0.05) is 12.0 Å². The predicted molar refractivity (Wildman–Crippen MR) is 91.8 cm³/mol. The van der Waals surface area contributed by atoms with E-state index in [-0.39, 0.29) is 11.8 Å². The average Bonchev–Trinajstić information content (AvgIpc) is 3.16. The number of aryl methyl sites for hydroxylation is 1. The molecular weight excluding hydrogens is 326 g/mol. The van der Waals surface area contributed by atoms with Gasteiger partial charge in [0.25, 0.3) is 0 Å². The van der Waals surface area contributed by atoms with Crippen LogP contribution in [0.3, 0.4) is 0 Å². The van der Waals surface area contributed by atoms with Crippen LogP contribution in [0.4, 0.5) is 5.95 Å². The number of aromatic nitrogens is 5. The van der Waals surface area contributed by atoms with Gasteiger partial charge in [0.2, 0.25) is 11.9 Å². The van der Waals surface area contributed by atoms with Gasteiger partial charge in [0, 0.05) is 36.5 Å². The molecule has 1 atom stereocenters. The van der Waals surface area contributed by atoms with Crippen LogP contribution in [-0.2, 0) is 11.3 Å². The SMILES string of the molecule is Cc1csc(C(C)Cn2nnnc2N2CCC(CC(N)=O)CC2)n1. The molecule has 0 aromatic carbocycles. The fraction of sp³-hybridized carbons (Fsp3) is 0.667. The van der Waals surface area contributed by atoms with Crippen LogP contribution in [0, 0.1) is 12.8 Å². The van der Waals surface area contributed by atoms with E-state index in [2.05, 4.69) is 37.7 Å². The highest BCUT2D eigenvalue weighted by atomic mass is 32.1. The Morgan fingerprint density at radius 3 is 2.83 bits per heavy atom. The minimum absolute atomic E-state index is 0.217. The van der Waals surface area contributed by atoms with Crippen molar-refractivity contribution in [3.05, 3.63) is 16.1 Å². The lowest BCUT2D eigenvalue weighted by atomic mass is 9.93. The molecule has 1 aliphatic heterocycles. The monoisotopic (exact) mass is 349 g/mol. The van der Waals surface area contributed by atoms with Crippen LogP contribution in [0.2, 0.25) is 0 Å². The van der Waals surface area contributed by atoms with Crippen molar-refractivity contribution in [2.24, 2.45) is 11.7 Å². The van der Waals surface area contributed by atoms with Crippen molar-refractivity contribution in [2.45, 2.75) is 45.6 Å². The van der Waals surface area contributed by atoms with E-state index in [1.54, 1.807) is 11.3 Å². The van der Waals surface area contributed by atoms with Crippen molar-refractivity contribution in [3.63, 3.8) is 0 Å². The molecule has 2 aromatic heterocycles. The van der Waals surface area contributed by atoms with Gasteiger partial charge in [-0.25, -0.2) is 9.67 Å². The Labute approximate surface area is 145 Å². The molecule has 1 aliphatic rings. The van der Waals surface area contributed by atoms with Crippen molar-refractivity contribution in [1.29, 1.82) is 0 Å². The third kappa shape index (κ3) is 3.89. The lowest BCUT2D eigenvalue weighted by Gasteiger charge is -2.31. The van der Waals surface area contributed by atoms with Crippen LogP contribution in [0.25, 0.3) is 0 Å². The molecule has 1 unspecified atom stereocenters. The topological polar surface area (TPSA) is 103 Å². The number of anilines is 1. The number of amides is 1. The van der Waals surface area contributed by atoms with Crippen LogP contribution < -0.4 is 10.6 Å². The van der Waals surface area contributed by atoms with E-state index in [0.29, 0.717) is 18.9 Å². The molecule has 0 saturated carbocycles. The first-order valence-corrected chi connectivity index (χ1v) is 9.12. The summed E-state index contributed by atoms with van der Waals surface area (Å²) in [5.41, 5.74) is 6.35. The summed E-state index contributed by atoms with van der Waals surface area (Å²) in [7, 11) is 0. The Morgan fingerprint density at radius 1 is 1.46 bits per heavy atom. The maximum absolute atomic E-state index is 11.1. The maximum atomic E-state index is 11.1. The zero-order chi connectivity index (χ0) is 17.1. The van der Waals surface area contributed by atoms with E-state index in [9.17, 15) is 4.79 Å². The summed E-state index contributed by atoms with van der Waals surface area (Å²) in [5, 5.41) is 15.4. The summed E-state index contributed by atoms with van der Waals surface area (Å²) in [6, 6.07) is 0. The number of rotatable bonds is 6. The Morgan fingerprint density at radius 2 is 2.21 bits per heavy atom. The van der Waals surface area contributed by atoms with E-state index in [0.717, 1.165) is 42.6 Å².